The van der Waals surface area contributed by atoms with Crippen molar-refractivity contribution in [3.05, 3.63) is 29.8 Å². The lowest BCUT2D eigenvalue weighted by Crippen LogP contribution is -2.57. The van der Waals surface area contributed by atoms with Crippen LogP contribution in [0.4, 0.5) is 0 Å². The zero-order valence-corrected chi connectivity index (χ0v) is 22.8. The number of aromatic hydroxyl groups is 1. The first-order valence-corrected chi connectivity index (χ1v) is 13.8. The molecule has 0 aromatic heterocycles. The number of carbonyl (C=O) groups excluding carboxylic acids is 3. The minimum absolute atomic E-state index is 0.0276. The Morgan fingerprint density at radius 1 is 0.974 bits per heavy atom. The maximum Gasteiger partial charge on any atom is 0.326 e. The van der Waals surface area contributed by atoms with E-state index in [9.17, 15) is 29.4 Å². The number of rotatable bonds is 17. The van der Waals surface area contributed by atoms with Crippen LogP contribution >= 0.6 is 24.4 Å². The number of carboxylic acid groups (broad SMARTS) is 1. The zero-order valence-electron chi connectivity index (χ0n) is 21.1. The Labute approximate surface area is 231 Å². The van der Waals surface area contributed by atoms with E-state index in [1.165, 1.54) is 23.9 Å². The second-order valence-electron chi connectivity index (χ2n) is 8.41. The Bertz CT molecular complexity index is 960. The largest absolute Gasteiger partial charge is 0.508 e. The van der Waals surface area contributed by atoms with Crippen LogP contribution in [0, 0.1) is 0 Å². The van der Waals surface area contributed by atoms with Crippen molar-refractivity contribution in [2.45, 2.75) is 49.9 Å². The van der Waals surface area contributed by atoms with E-state index in [0.29, 0.717) is 17.7 Å². The van der Waals surface area contributed by atoms with Gasteiger partial charge in [-0.25, -0.2) is 4.79 Å². The summed E-state index contributed by atoms with van der Waals surface area (Å²) in [5.74, 6) is -2.69. The molecular weight excluding hydrogens is 534 g/mol. The number of phenols is 1. The highest BCUT2D eigenvalue weighted by atomic mass is 32.2. The number of thiol groups is 1. The van der Waals surface area contributed by atoms with Gasteiger partial charge in [0.15, 0.2) is 5.96 Å². The molecule has 15 heteroatoms. The van der Waals surface area contributed by atoms with E-state index in [1.54, 1.807) is 12.1 Å². The third-order valence-corrected chi connectivity index (χ3v) is 6.38. The predicted molar refractivity (Wildman–Crippen MR) is 150 cm³/mol. The monoisotopic (exact) mass is 571 g/mol. The van der Waals surface area contributed by atoms with Gasteiger partial charge >= 0.3 is 5.97 Å². The number of aliphatic imine (C=N–C) groups is 1. The van der Waals surface area contributed by atoms with E-state index in [0.717, 1.165) is 0 Å². The standard InChI is InChI=1S/C23H37N7O6S2/c1-38-10-8-17(21(34)30-18(22(35)36)11-13-4-6-14(31)7-5-13)29-20(33)16(3-2-9-27-23(25)26)28-19(32)15(24)12-37/h4-7,15-18,31,37H,2-3,8-12,24H2,1H3,(H,28,32)(H,29,33)(H,30,34)(H,35,36)(H4,25,26,27). The Morgan fingerprint density at radius 2 is 1.53 bits per heavy atom. The van der Waals surface area contributed by atoms with Crippen molar-refractivity contribution in [2.75, 3.05) is 24.3 Å². The highest BCUT2D eigenvalue weighted by molar-refractivity contribution is 7.98. The molecule has 0 heterocycles. The van der Waals surface area contributed by atoms with Gasteiger partial charge in [-0.15, -0.1) is 0 Å². The maximum absolute atomic E-state index is 13.1. The first-order valence-electron chi connectivity index (χ1n) is 11.8. The summed E-state index contributed by atoms with van der Waals surface area (Å²) in [7, 11) is 0. The number of carbonyl (C=O) groups is 4. The number of benzene rings is 1. The molecule has 1 aromatic rings. The van der Waals surface area contributed by atoms with Crippen LogP contribution in [-0.2, 0) is 25.6 Å². The fourth-order valence-electron chi connectivity index (χ4n) is 3.25. The number of phenolic OH excluding ortho intramolecular Hbond substituents is 1. The van der Waals surface area contributed by atoms with Crippen molar-refractivity contribution in [2.24, 2.45) is 22.2 Å². The number of nitrogens with two attached hydrogens (primary N) is 3. The van der Waals surface area contributed by atoms with Gasteiger partial charge in [-0.2, -0.15) is 24.4 Å². The second kappa shape index (κ2) is 17.4. The van der Waals surface area contributed by atoms with E-state index in [-0.39, 0.29) is 43.3 Å². The summed E-state index contributed by atoms with van der Waals surface area (Å²) in [5, 5.41) is 26.8. The molecule has 1 rings (SSSR count). The maximum atomic E-state index is 13.1. The highest BCUT2D eigenvalue weighted by Gasteiger charge is 2.30. The summed E-state index contributed by atoms with van der Waals surface area (Å²) in [6.07, 6.45) is 2.52. The fourth-order valence-corrected chi connectivity index (χ4v) is 3.89. The summed E-state index contributed by atoms with van der Waals surface area (Å²) >= 11 is 5.44. The molecule has 11 N–H and O–H groups in total. The van der Waals surface area contributed by atoms with Gasteiger partial charge in [0.2, 0.25) is 17.7 Å². The molecule has 0 saturated heterocycles. The predicted octanol–water partition coefficient (Wildman–Crippen LogP) is -1.46. The smallest absolute Gasteiger partial charge is 0.326 e. The third-order valence-electron chi connectivity index (χ3n) is 5.35. The van der Waals surface area contributed by atoms with Crippen LogP contribution in [0.3, 0.4) is 0 Å². The van der Waals surface area contributed by atoms with Gasteiger partial charge in [0.25, 0.3) is 0 Å². The van der Waals surface area contributed by atoms with Crippen molar-refractivity contribution in [1.29, 1.82) is 0 Å². The molecule has 38 heavy (non-hydrogen) atoms. The number of guanidine groups is 1. The Morgan fingerprint density at radius 3 is 2.05 bits per heavy atom. The average molecular weight is 572 g/mol. The Hall–Kier alpha value is -3.17. The van der Waals surface area contributed by atoms with Crippen LogP contribution in [-0.4, -0.2) is 88.3 Å². The molecule has 4 atom stereocenters. The number of hydrogen-bond acceptors (Lipinski definition) is 9. The molecule has 0 fully saturated rings. The zero-order chi connectivity index (χ0) is 28.7. The molecule has 0 bridgehead atoms. The highest BCUT2D eigenvalue weighted by Crippen LogP contribution is 2.12. The average Bonchev–Trinajstić information content (AvgIpc) is 2.87. The van der Waals surface area contributed by atoms with E-state index < -0.39 is 47.9 Å². The van der Waals surface area contributed by atoms with Crippen LogP contribution in [0.15, 0.2) is 29.3 Å². The quantitative estimate of drug-likeness (QED) is 0.0456. The first kappa shape index (κ1) is 32.9. The lowest BCUT2D eigenvalue weighted by Gasteiger charge is -2.25. The SMILES string of the molecule is CSCCC(NC(=O)C(CCCN=C(N)N)NC(=O)C(N)CS)C(=O)NC(Cc1ccc(O)cc1)C(=O)O. The van der Waals surface area contributed by atoms with E-state index in [4.69, 9.17) is 17.2 Å². The molecule has 0 aliphatic heterocycles. The summed E-state index contributed by atoms with van der Waals surface area (Å²) in [6, 6.07) is 1.61. The summed E-state index contributed by atoms with van der Waals surface area (Å²) in [6.45, 7) is 0.217. The summed E-state index contributed by atoms with van der Waals surface area (Å²) < 4.78 is 0. The number of amides is 3. The normalized spacial score (nSPS) is 13.9. The van der Waals surface area contributed by atoms with Crippen LogP contribution in [0.2, 0.25) is 0 Å². The second-order valence-corrected chi connectivity index (χ2v) is 9.76. The van der Waals surface area contributed by atoms with Gasteiger partial charge in [-0.05, 0) is 49.0 Å². The van der Waals surface area contributed by atoms with E-state index in [1.807, 2.05) is 6.26 Å². The molecule has 3 amide bonds. The molecule has 13 nitrogen and oxygen atoms in total. The minimum atomic E-state index is -1.27. The lowest BCUT2D eigenvalue weighted by molar-refractivity contribution is -0.142. The topological polar surface area (TPSA) is 235 Å². The molecule has 1 aromatic carbocycles. The molecule has 0 aliphatic rings. The van der Waals surface area contributed by atoms with Crippen molar-refractivity contribution in [3.63, 3.8) is 0 Å². The number of carboxylic acids is 1. The van der Waals surface area contributed by atoms with E-state index >= 15 is 0 Å². The Balaban J connectivity index is 3.00. The van der Waals surface area contributed by atoms with Gasteiger partial charge in [0.05, 0.1) is 6.04 Å². The molecule has 4 unspecified atom stereocenters. The van der Waals surface area contributed by atoms with Crippen molar-refractivity contribution >= 4 is 54.0 Å². The molecule has 0 spiro atoms. The van der Waals surface area contributed by atoms with Crippen molar-refractivity contribution < 1.29 is 29.4 Å². The van der Waals surface area contributed by atoms with Gasteiger partial charge in [-0.1, -0.05) is 12.1 Å². The number of nitrogens with one attached hydrogen (secondary N) is 3. The molecule has 212 valence electrons. The molecule has 0 radical (unpaired) electrons. The third kappa shape index (κ3) is 12.4. The van der Waals surface area contributed by atoms with Gasteiger partial charge in [0, 0.05) is 18.7 Å². The number of nitrogens with zero attached hydrogens (tertiary/aromatic N) is 1. The summed E-state index contributed by atoms with van der Waals surface area (Å²) in [5.41, 5.74) is 17.0. The van der Waals surface area contributed by atoms with E-state index in [2.05, 4.69) is 33.6 Å². The van der Waals surface area contributed by atoms with Crippen LogP contribution in [0.5, 0.6) is 5.75 Å². The summed E-state index contributed by atoms with van der Waals surface area (Å²) in [4.78, 5) is 54.2. The molecule has 0 saturated carbocycles. The van der Waals surface area contributed by atoms with Crippen LogP contribution in [0.25, 0.3) is 0 Å². The van der Waals surface area contributed by atoms with Gasteiger partial charge in [0.1, 0.15) is 23.9 Å². The van der Waals surface area contributed by atoms with Gasteiger partial charge < -0.3 is 43.4 Å². The first-order chi connectivity index (χ1) is 18.0. The fraction of sp³-hybridized carbons (Fsp3) is 0.522. The lowest BCUT2D eigenvalue weighted by atomic mass is 10.0. The van der Waals surface area contributed by atoms with Crippen LogP contribution < -0.4 is 33.2 Å². The minimum Gasteiger partial charge on any atom is -0.508 e. The van der Waals surface area contributed by atoms with Crippen molar-refractivity contribution in [3.8, 4) is 5.75 Å². The van der Waals surface area contributed by atoms with Gasteiger partial charge in [-0.3, -0.25) is 19.4 Å². The molecule has 0 aliphatic carbocycles. The number of hydrogen-bond donors (Lipinski definition) is 9. The van der Waals surface area contributed by atoms with Crippen molar-refractivity contribution in [1.82, 2.24) is 16.0 Å². The number of aliphatic carboxylic acids is 1. The Kier molecular flexibility index (Phi) is 15.0. The number of thioether (sulfide) groups is 1. The molecular formula is C23H37N7O6S2. The van der Waals surface area contributed by atoms with Crippen LogP contribution in [0.1, 0.15) is 24.8 Å².